The molecule has 0 N–H and O–H groups in total. The molecule has 0 aliphatic carbocycles. The van der Waals surface area contributed by atoms with E-state index in [9.17, 15) is 10.1 Å². The normalized spacial score (nSPS) is 9.00. The Morgan fingerprint density at radius 2 is 2.29 bits per heavy atom. The van der Waals surface area contributed by atoms with Gasteiger partial charge in [-0.25, -0.2) is 0 Å². The molecule has 72 valence electrons. The van der Waals surface area contributed by atoms with Crippen molar-refractivity contribution in [1.29, 1.82) is 0 Å². The minimum absolute atomic E-state index is 0.0823. The number of aryl methyl sites for hydroxylation is 1. The van der Waals surface area contributed by atoms with Gasteiger partial charge in [-0.05, 0) is 18.6 Å². The van der Waals surface area contributed by atoms with Gasteiger partial charge < -0.3 is 0 Å². The van der Waals surface area contributed by atoms with Crippen LogP contribution in [0, 0.1) is 28.9 Å². The fraction of sp³-hybridized carbons (Fsp3) is 0.200. The van der Waals surface area contributed by atoms with Crippen molar-refractivity contribution in [2.24, 2.45) is 0 Å². The lowest BCUT2D eigenvalue weighted by atomic mass is 10.1. The molecule has 0 aliphatic rings. The van der Waals surface area contributed by atoms with E-state index in [1.54, 1.807) is 13.0 Å². The minimum Gasteiger partial charge on any atom is -0.258 e. The van der Waals surface area contributed by atoms with E-state index >= 15 is 0 Å². The van der Waals surface area contributed by atoms with Crippen LogP contribution in [0.4, 0.5) is 5.69 Å². The second-order valence-corrected chi connectivity index (χ2v) is 2.96. The number of alkyl halides is 1. The Labute approximate surface area is 86.8 Å². The Hall–Kier alpha value is -1.53. The molecule has 0 atom stereocenters. The van der Waals surface area contributed by atoms with Crippen molar-refractivity contribution in [2.45, 2.75) is 6.92 Å². The first kappa shape index (κ1) is 10.6. The molecule has 1 rings (SSSR count). The minimum atomic E-state index is -0.425. The van der Waals surface area contributed by atoms with Crippen molar-refractivity contribution in [3.8, 4) is 11.8 Å². The lowest BCUT2D eigenvalue weighted by molar-refractivity contribution is -0.384. The molecule has 0 fully saturated rings. The largest absolute Gasteiger partial charge is 0.269 e. The molecule has 0 bridgehead atoms. The molecule has 1 aromatic carbocycles. The zero-order valence-electron chi connectivity index (χ0n) is 7.58. The van der Waals surface area contributed by atoms with E-state index in [1.807, 2.05) is 0 Å². The van der Waals surface area contributed by atoms with Crippen LogP contribution in [0.2, 0.25) is 0 Å². The molecule has 0 saturated carbocycles. The number of non-ortho nitro benzene ring substituents is 1. The highest BCUT2D eigenvalue weighted by atomic mass is 35.5. The fourth-order valence-electron chi connectivity index (χ4n) is 1.03. The number of hydrogen-bond donors (Lipinski definition) is 0. The van der Waals surface area contributed by atoms with E-state index in [-0.39, 0.29) is 11.6 Å². The Morgan fingerprint density at radius 1 is 1.57 bits per heavy atom. The maximum atomic E-state index is 10.4. The molecule has 0 unspecified atom stereocenters. The summed E-state index contributed by atoms with van der Waals surface area (Å²) in [4.78, 5) is 10.0. The number of halogens is 1. The topological polar surface area (TPSA) is 43.1 Å². The van der Waals surface area contributed by atoms with Crippen molar-refractivity contribution in [1.82, 2.24) is 0 Å². The third-order valence-corrected chi connectivity index (χ3v) is 1.84. The van der Waals surface area contributed by atoms with Crippen LogP contribution in [0.5, 0.6) is 0 Å². The molecule has 0 spiro atoms. The summed E-state index contributed by atoms with van der Waals surface area (Å²) >= 11 is 5.40. The molecule has 0 saturated heterocycles. The molecule has 14 heavy (non-hydrogen) atoms. The van der Waals surface area contributed by atoms with Gasteiger partial charge in [-0.1, -0.05) is 11.8 Å². The second-order valence-electron chi connectivity index (χ2n) is 2.69. The number of hydrogen-bond acceptors (Lipinski definition) is 2. The number of nitro groups is 1. The van der Waals surface area contributed by atoms with Gasteiger partial charge in [0, 0.05) is 17.7 Å². The van der Waals surface area contributed by atoms with Crippen LogP contribution in [0.25, 0.3) is 0 Å². The van der Waals surface area contributed by atoms with Gasteiger partial charge in [-0.15, -0.1) is 11.6 Å². The van der Waals surface area contributed by atoms with Crippen LogP contribution in [-0.2, 0) is 0 Å². The number of benzene rings is 1. The summed E-state index contributed by atoms with van der Waals surface area (Å²) in [5.74, 6) is 5.78. The Morgan fingerprint density at radius 3 is 2.79 bits per heavy atom. The summed E-state index contributed by atoms with van der Waals surface area (Å²) in [7, 11) is 0. The molecule has 4 heteroatoms. The van der Waals surface area contributed by atoms with Crippen molar-refractivity contribution >= 4 is 17.3 Å². The van der Waals surface area contributed by atoms with Gasteiger partial charge in [0.25, 0.3) is 5.69 Å². The van der Waals surface area contributed by atoms with E-state index in [2.05, 4.69) is 11.8 Å². The molecule has 3 nitrogen and oxygen atoms in total. The lowest BCUT2D eigenvalue weighted by Gasteiger charge is -1.97. The highest BCUT2D eigenvalue weighted by Crippen LogP contribution is 2.16. The first-order valence-electron chi connectivity index (χ1n) is 3.95. The second kappa shape index (κ2) is 4.64. The molecule has 0 aliphatic heterocycles. The van der Waals surface area contributed by atoms with Gasteiger partial charge in [0.1, 0.15) is 0 Å². The van der Waals surface area contributed by atoms with Crippen LogP contribution in [0.3, 0.4) is 0 Å². The standard InChI is InChI=1S/C10H8ClNO2/c1-8-7-10(12(13)14)5-4-9(8)3-2-6-11/h4-5,7H,6H2,1H3. The third-order valence-electron chi connectivity index (χ3n) is 1.71. The van der Waals surface area contributed by atoms with Crippen LogP contribution < -0.4 is 0 Å². The van der Waals surface area contributed by atoms with E-state index in [0.717, 1.165) is 11.1 Å². The summed E-state index contributed by atoms with van der Waals surface area (Å²) in [5.41, 5.74) is 1.65. The summed E-state index contributed by atoms with van der Waals surface area (Å²) in [6, 6.07) is 4.57. The summed E-state index contributed by atoms with van der Waals surface area (Å²) in [5, 5.41) is 10.4. The monoisotopic (exact) mass is 209 g/mol. The molecular weight excluding hydrogens is 202 g/mol. The number of nitro benzene ring substituents is 1. The van der Waals surface area contributed by atoms with Crippen LogP contribution in [0.15, 0.2) is 18.2 Å². The van der Waals surface area contributed by atoms with Crippen molar-refractivity contribution in [2.75, 3.05) is 5.88 Å². The fourth-order valence-corrected chi connectivity index (χ4v) is 1.10. The molecule has 0 radical (unpaired) electrons. The highest BCUT2D eigenvalue weighted by Gasteiger charge is 2.05. The predicted octanol–water partition coefficient (Wildman–Crippen LogP) is 2.49. The SMILES string of the molecule is Cc1cc([N+](=O)[O-])ccc1C#CCCl. The molecule has 0 aromatic heterocycles. The van der Waals surface area contributed by atoms with Gasteiger partial charge in [-0.3, -0.25) is 10.1 Å². The average molecular weight is 210 g/mol. The van der Waals surface area contributed by atoms with E-state index in [0.29, 0.717) is 0 Å². The van der Waals surface area contributed by atoms with Gasteiger partial charge in [-0.2, -0.15) is 0 Å². The zero-order chi connectivity index (χ0) is 10.6. The van der Waals surface area contributed by atoms with Crippen molar-refractivity contribution in [3.63, 3.8) is 0 Å². The van der Waals surface area contributed by atoms with E-state index < -0.39 is 4.92 Å². The van der Waals surface area contributed by atoms with Crippen molar-refractivity contribution < 1.29 is 4.92 Å². The maximum absolute atomic E-state index is 10.4. The predicted molar refractivity (Wildman–Crippen MR) is 55.4 cm³/mol. The average Bonchev–Trinajstić information content (AvgIpc) is 2.15. The molecule has 0 amide bonds. The third kappa shape index (κ3) is 2.48. The first-order valence-corrected chi connectivity index (χ1v) is 4.48. The summed E-state index contributed by atoms with van der Waals surface area (Å²) in [6.45, 7) is 1.78. The summed E-state index contributed by atoms with van der Waals surface area (Å²) in [6.07, 6.45) is 0. The first-order chi connectivity index (χ1) is 6.65. The zero-order valence-corrected chi connectivity index (χ0v) is 8.34. The number of nitrogens with zero attached hydrogens (tertiary/aromatic N) is 1. The quantitative estimate of drug-likeness (QED) is 0.309. The molecular formula is C10H8ClNO2. The number of rotatable bonds is 1. The highest BCUT2D eigenvalue weighted by molar-refractivity contribution is 6.19. The lowest BCUT2D eigenvalue weighted by Crippen LogP contribution is -1.90. The molecule has 1 aromatic rings. The molecule has 0 heterocycles. The Balaban J connectivity index is 3.07. The van der Waals surface area contributed by atoms with Crippen molar-refractivity contribution in [3.05, 3.63) is 39.4 Å². The van der Waals surface area contributed by atoms with Gasteiger partial charge in [0.2, 0.25) is 0 Å². The maximum Gasteiger partial charge on any atom is 0.269 e. The Kier molecular flexibility index (Phi) is 3.49. The Bertz CT molecular complexity index is 418. The van der Waals surface area contributed by atoms with Crippen LogP contribution in [0.1, 0.15) is 11.1 Å². The van der Waals surface area contributed by atoms with E-state index in [4.69, 9.17) is 11.6 Å². The van der Waals surface area contributed by atoms with Gasteiger partial charge in [0.15, 0.2) is 0 Å². The van der Waals surface area contributed by atoms with Gasteiger partial charge >= 0.3 is 0 Å². The van der Waals surface area contributed by atoms with Gasteiger partial charge in [0.05, 0.1) is 10.8 Å². The summed E-state index contributed by atoms with van der Waals surface area (Å²) < 4.78 is 0. The van der Waals surface area contributed by atoms with Crippen LogP contribution >= 0.6 is 11.6 Å². The smallest absolute Gasteiger partial charge is 0.258 e. The van der Waals surface area contributed by atoms with Crippen LogP contribution in [-0.4, -0.2) is 10.8 Å². The van der Waals surface area contributed by atoms with E-state index in [1.165, 1.54) is 12.1 Å².